The number of allylic oxidation sites excluding steroid dienone is 3. The molecule has 1 aromatic rings. The molecule has 68 valence electrons. The summed E-state index contributed by atoms with van der Waals surface area (Å²) in [4.78, 5) is 4.31. The molecular weight excluding hydrogens is 158 g/mol. The van der Waals surface area contributed by atoms with Crippen LogP contribution in [0.3, 0.4) is 0 Å². The molecule has 1 nitrogen and oxygen atoms in total. The lowest BCUT2D eigenvalue weighted by Gasteiger charge is -2.03. The van der Waals surface area contributed by atoms with Gasteiger partial charge in [-0.2, -0.15) is 0 Å². The zero-order valence-electron chi connectivity index (χ0n) is 8.41. The molecule has 0 bridgehead atoms. The van der Waals surface area contributed by atoms with Crippen molar-refractivity contribution in [2.45, 2.75) is 20.8 Å². The molecule has 0 unspecified atom stereocenters. The molecule has 0 saturated carbocycles. The summed E-state index contributed by atoms with van der Waals surface area (Å²) in [5.41, 5.74) is 3.52. The summed E-state index contributed by atoms with van der Waals surface area (Å²) in [6, 6.07) is 4.06. The number of hydrogen-bond acceptors (Lipinski definition) is 1. The third-order valence-corrected chi connectivity index (χ3v) is 2.02. The van der Waals surface area contributed by atoms with Gasteiger partial charge < -0.3 is 0 Å². The molecular formula is C12H15N. The SMILES string of the molecule is C/C=C\c1ncccc1/C(C)=C\C. The third-order valence-electron chi connectivity index (χ3n) is 2.02. The summed E-state index contributed by atoms with van der Waals surface area (Å²) < 4.78 is 0. The Morgan fingerprint density at radius 1 is 1.38 bits per heavy atom. The van der Waals surface area contributed by atoms with E-state index in [0.29, 0.717) is 0 Å². The van der Waals surface area contributed by atoms with E-state index in [9.17, 15) is 0 Å². The van der Waals surface area contributed by atoms with E-state index >= 15 is 0 Å². The van der Waals surface area contributed by atoms with Gasteiger partial charge in [0, 0.05) is 11.8 Å². The van der Waals surface area contributed by atoms with Gasteiger partial charge in [-0.3, -0.25) is 4.98 Å². The highest BCUT2D eigenvalue weighted by Gasteiger charge is 1.99. The maximum absolute atomic E-state index is 4.31. The first-order chi connectivity index (χ1) is 6.29. The van der Waals surface area contributed by atoms with Crippen molar-refractivity contribution in [1.29, 1.82) is 0 Å². The molecule has 1 heterocycles. The molecule has 0 aromatic carbocycles. The van der Waals surface area contributed by atoms with Crippen LogP contribution in [0.1, 0.15) is 32.0 Å². The minimum Gasteiger partial charge on any atom is -0.256 e. The second-order valence-electron chi connectivity index (χ2n) is 2.91. The summed E-state index contributed by atoms with van der Waals surface area (Å²) in [6.07, 6.45) is 7.96. The Balaban J connectivity index is 3.19. The van der Waals surface area contributed by atoms with Gasteiger partial charge in [-0.1, -0.05) is 18.2 Å². The zero-order chi connectivity index (χ0) is 9.68. The third kappa shape index (κ3) is 2.28. The molecule has 1 aromatic heterocycles. The van der Waals surface area contributed by atoms with Gasteiger partial charge in [0.25, 0.3) is 0 Å². The summed E-state index contributed by atoms with van der Waals surface area (Å²) in [5, 5.41) is 0. The average Bonchev–Trinajstić information content (AvgIpc) is 2.18. The fraction of sp³-hybridized carbons (Fsp3) is 0.250. The number of aromatic nitrogens is 1. The topological polar surface area (TPSA) is 12.9 Å². The van der Waals surface area contributed by atoms with Gasteiger partial charge in [-0.25, -0.2) is 0 Å². The van der Waals surface area contributed by atoms with Crippen molar-refractivity contribution < 1.29 is 0 Å². The molecule has 0 atom stereocenters. The van der Waals surface area contributed by atoms with Crippen molar-refractivity contribution in [3.8, 4) is 0 Å². The molecule has 0 radical (unpaired) electrons. The number of rotatable bonds is 2. The highest BCUT2D eigenvalue weighted by molar-refractivity contribution is 5.70. The van der Waals surface area contributed by atoms with Crippen molar-refractivity contribution >= 4 is 11.6 Å². The Morgan fingerprint density at radius 3 is 2.77 bits per heavy atom. The first-order valence-corrected chi connectivity index (χ1v) is 4.50. The van der Waals surface area contributed by atoms with Crippen LogP contribution in [0.15, 0.2) is 30.5 Å². The highest BCUT2D eigenvalue weighted by atomic mass is 14.7. The number of pyridine rings is 1. The van der Waals surface area contributed by atoms with Crippen molar-refractivity contribution in [2.75, 3.05) is 0 Å². The second-order valence-corrected chi connectivity index (χ2v) is 2.91. The van der Waals surface area contributed by atoms with E-state index in [0.717, 1.165) is 5.69 Å². The van der Waals surface area contributed by atoms with Crippen molar-refractivity contribution in [3.05, 3.63) is 41.7 Å². The van der Waals surface area contributed by atoms with Crippen LogP contribution in [0.25, 0.3) is 11.6 Å². The average molecular weight is 173 g/mol. The molecule has 1 rings (SSSR count). The van der Waals surface area contributed by atoms with Gasteiger partial charge in [-0.05, 0) is 38.5 Å². The maximum atomic E-state index is 4.31. The highest BCUT2D eigenvalue weighted by Crippen LogP contribution is 2.17. The van der Waals surface area contributed by atoms with Crippen LogP contribution in [0, 0.1) is 0 Å². The van der Waals surface area contributed by atoms with Gasteiger partial charge >= 0.3 is 0 Å². The number of hydrogen-bond donors (Lipinski definition) is 0. The van der Waals surface area contributed by atoms with Gasteiger partial charge in [0.2, 0.25) is 0 Å². The molecule has 0 fully saturated rings. The summed E-state index contributed by atoms with van der Waals surface area (Å²) in [5.74, 6) is 0. The lowest BCUT2D eigenvalue weighted by molar-refractivity contribution is 1.27. The first kappa shape index (κ1) is 9.72. The standard InChI is InChI=1S/C12H15N/c1-4-7-12-11(10(3)5-2)8-6-9-13-12/h4-9H,1-3H3/b7-4-,10-5-. The van der Waals surface area contributed by atoms with Gasteiger partial charge in [0.1, 0.15) is 0 Å². The fourth-order valence-corrected chi connectivity index (χ4v) is 1.20. The predicted molar refractivity (Wildman–Crippen MR) is 58.3 cm³/mol. The van der Waals surface area contributed by atoms with E-state index in [1.807, 2.05) is 38.3 Å². The molecule has 0 aliphatic rings. The summed E-state index contributed by atoms with van der Waals surface area (Å²) in [7, 11) is 0. The molecule has 0 amide bonds. The van der Waals surface area contributed by atoms with Crippen LogP contribution < -0.4 is 0 Å². The monoisotopic (exact) mass is 173 g/mol. The molecule has 0 aliphatic heterocycles. The molecule has 0 spiro atoms. The first-order valence-electron chi connectivity index (χ1n) is 4.50. The smallest absolute Gasteiger partial charge is 0.0701 e. The summed E-state index contributed by atoms with van der Waals surface area (Å²) >= 11 is 0. The maximum Gasteiger partial charge on any atom is 0.0701 e. The Hall–Kier alpha value is -1.37. The molecule has 0 aliphatic carbocycles. The van der Waals surface area contributed by atoms with Crippen LogP contribution >= 0.6 is 0 Å². The number of nitrogens with zero attached hydrogens (tertiary/aromatic N) is 1. The summed E-state index contributed by atoms with van der Waals surface area (Å²) in [6.45, 7) is 6.15. The van der Waals surface area contributed by atoms with Crippen LogP contribution in [-0.4, -0.2) is 4.98 Å². The van der Waals surface area contributed by atoms with E-state index in [-0.39, 0.29) is 0 Å². The van der Waals surface area contributed by atoms with E-state index in [1.165, 1.54) is 11.1 Å². The zero-order valence-corrected chi connectivity index (χ0v) is 8.41. The Labute approximate surface area is 79.8 Å². The van der Waals surface area contributed by atoms with E-state index in [2.05, 4.69) is 24.1 Å². The Bertz CT molecular complexity index is 335. The normalized spacial score (nSPS) is 12.4. The van der Waals surface area contributed by atoms with E-state index in [4.69, 9.17) is 0 Å². The minimum atomic E-state index is 1.04. The van der Waals surface area contributed by atoms with Crippen LogP contribution in [-0.2, 0) is 0 Å². The second kappa shape index (κ2) is 4.61. The quantitative estimate of drug-likeness (QED) is 0.666. The van der Waals surface area contributed by atoms with Crippen LogP contribution in [0.5, 0.6) is 0 Å². The van der Waals surface area contributed by atoms with E-state index in [1.54, 1.807) is 0 Å². The largest absolute Gasteiger partial charge is 0.256 e. The Morgan fingerprint density at radius 2 is 2.15 bits per heavy atom. The molecule has 0 N–H and O–H groups in total. The lowest BCUT2D eigenvalue weighted by Crippen LogP contribution is -1.88. The van der Waals surface area contributed by atoms with Crippen molar-refractivity contribution in [2.24, 2.45) is 0 Å². The van der Waals surface area contributed by atoms with Crippen LogP contribution in [0.2, 0.25) is 0 Å². The van der Waals surface area contributed by atoms with Gasteiger partial charge in [-0.15, -0.1) is 0 Å². The Kier molecular flexibility index (Phi) is 3.44. The lowest BCUT2D eigenvalue weighted by atomic mass is 10.1. The molecule has 1 heteroatoms. The minimum absolute atomic E-state index is 1.04. The van der Waals surface area contributed by atoms with E-state index < -0.39 is 0 Å². The molecule has 13 heavy (non-hydrogen) atoms. The van der Waals surface area contributed by atoms with Gasteiger partial charge in [0.15, 0.2) is 0 Å². The fourth-order valence-electron chi connectivity index (χ4n) is 1.20. The predicted octanol–water partition coefficient (Wildman–Crippen LogP) is 3.54. The van der Waals surface area contributed by atoms with Crippen molar-refractivity contribution in [1.82, 2.24) is 4.98 Å². The van der Waals surface area contributed by atoms with Crippen LogP contribution in [0.4, 0.5) is 0 Å². The molecule has 0 saturated heterocycles. The van der Waals surface area contributed by atoms with Crippen molar-refractivity contribution in [3.63, 3.8) is 0 Å². The van der Waals surface area contributed by atoms with Gasteiger partial charge in [0.05, 0.1) is 5.69 Å².